The van der Waals surface area contributed by atoms with E-state index in [2.05, 4.69) is 17.1 Å². The Kier molecular flexibility index (Phi) is 6.51. The molecule has 0 saturated heterocycles. The molecule has 0 rings (SSSR count). The van der Waals surface area contributed by atoms with Gasteiger partial charge in [-0.3, -0.25) is 4.79 Å². The molecule has 1 amide bonds. The number of hydrogen-bond acceptors (Lipinski definition) is 2. The van der Waals surface area contributed by atoms with E-state index in [1.807, 2.05) is 19.1 Å². The van der Waals surface area contributed by atoms with Gasteiger partial charge in [-0.05, 0) is 18.9 Å². The second kappa shape index (κ2) is 7.28. The van der Waals surface area contributed by atoms with Crippen molar-refractivity contribution in [3.63, 3.8) is 0 Å². The van der Waals surface area contributed by atoms with Crippen molar-refractivity contribution in [3.8, 4) is 0 Å². The van der Waals surface area contributed by atoms with E-state index >= 15 is 0 Å². The van der Waals surface area contributed by atoms with Crippen LogP contribution in [0.4, 0.5) is 0 Å². The minimum Gasteiger partial charge on any atom is -0.273 e. The summed E-state index contributed by atoms with van der Waals surface area (Å²) in [7, 11) is 0. The molecule has 0 radical (unpaired) electrons. The molecule has 0 spiro atoms. The smallest absolute Gasteiger partial charge is 0.244 e. The van der Waals surface area contributed by atoms with Crippen molar-refractivity contribution in [1.29, 1.82) is 0 Å². The van der Waals surface area contributed by atoms with Crippen molar-refractivity contribution >= 4 is 12.1 Å². The van der Waals surface area contributed by atoms with Crippen LogP contribution in [0, 0.1) is 0 Å². The maximum Gasteiger partial charge on any atom is 0.244 e. The molecule has 0 aliphatic carbocycles. The SMILES string of the molecule is C=C(/C=C\CC)CC(=O)N/N=C/C. The van der Waals surface area contributed by atoms with Crippen LogP contribution in [0.5, 0.6) is 0 Å². The molecule has 0 aromatic rings. The summed E-state index contributed by atoms with van der Waals surface area (Å²) in [6, 6.07) is 0. The molecule has 0 unspecified atom stereocenters. The number of carbonyl (C=O) groups excluding carboxylic acids is 1. The molecule has 72 valence electrons. The van der Waals surface area contributed by atoms with Crippen LogP contribution in [0.25, 0.3) is 0 Å². The zero-order chi connectivity index (χ0) is 10.1. The number of nitrogens with zero attached hydrogens (tertiary/aromatic N) is 1. The summed E-state index contributed by atoms with van der Waals surface area (Å²) in [4.78, 5) is 11.1. The summed E-state index contributed by atoms with van der Waals surface area (Å²) >= 11 is 0. The first-order chi connectivity index (χ1) is 6.20. The van der Waals surface area contributed by atoms with Gasteiger partial charge in [-0.2, -0.15) is 5.10 Å². The molecular formula is C10H16N2O. The lowest BCUT2D eigenvalue weighted by Gasteiger charge is -1.98. The average molecular weight is 180 g/mol. The first kappa shape index (κ1) is 11.6. The molecule has 1 N–H and O–H groups in total. The Bertz CT molecular complexity index is 229. The van der Waals surface area contributed by atoms with Crippen molar-refractivity contribution in [2.75, 3.05) is 0 Å². The van der Waals surface area contributed by atoms with E-state index in [1.54, 1.807) is 6.92 Å². The third-order valence-electron chi connectivity index (χ3n) is 1.30. The number of nitrogens with one attached hydrogen (secondary N) is 1. The highest BCUT2D eigenvalue weighted by Crippen LogP contribution is 2.00. The molecule has 3 nitrogen and oxygen atoms in total. The molecule has 0 aliphatic rings. The largest absolute Gasteiger partial charge is 0.273 e. The van der Waals surface area contributed by atoms with Crippen LogP contribution >= 0.6 is 0 Å². The Morgan fingerprint density at radius 1 is 1.62 bits per heavy atom. The lowest BCUT2D eigenvalue weighted by atomic mass is 10.2. The highest BCUT2D eigenvalue weighted by atomic mass is 16.2. The predicted octanol–water partition coefficient (Wildman–Crippen LogP) is 2.02. The number of amides is 1. The Labute approximate surface area is 79.2 Å². The van der Waals surface area contributed by atoms with Crippen molar-refractivity contribution in [2.45, 2.75) is 26.7 Å². The van der Waals surface area contributed by atoms with Crippen LogP contribution in [-0.4, -0.2) is 12.1 Å². The highest BCUT2D eigenvalue weighted by Gasteiger charge is 1.99. The van der Waals surface area contributed by atoms with Crippen molar-refractivity contribution in [2.24, 2.45) is 5.10 Å². The van der Waals surface area contributed by atoms with E-state index in [1.165, 1.54) is 6.21 Å². The Hall–Kier alpha value is -1.38. The van der Waals surface area contributed by atoms with Gasteiger partial charge >= 0.3 is 0 Å². The number of rotatable bonds is 5. The molecule has 0 bridgehead atoms. The Balaban J connectivity index is 3.78. The van der Waals surface area contributed by atoms with Gasteiger partial charge in [-0.15, -0.1) is 0 Å². The van der Waals surface area contributed by atoms with Gasteiger partial charge in [0.15, 0.2) is 0 Å². The fourth-order valence-electron chi connectivity index (χ4n) is 0.726. The molecule has 0 atom stereocenters. The first-order valence-electron chi connectivity index (χ1n) is 4.31. The Morgan fingerprint density at radius 3 is 2.85 bits per heavy atom. The van der Waals surface area contributed by atoms with Gasteiger partial charge in [0, 0.05) is 6.21 Å². The van der Waals surface area contributed by atoms with Gasteiger partial charge in [0.1, 0.15) is 0 Å². The maximum absolute atomic E-state index is 11.1. The quantitative estimate of drug-likeness (QED) is 0.392. The van der Waals surface area contributed by atoms with Gasteiger partial charge in [-0.1, -0.05) is 25.7 Å². The summed E-state index contributed by atoms with van der Waals surface area (Å²) in [5.41, 5.74) is 3.17. The van der Waals surface area contributed by atoms with Crippen molar-refractivity contribution < 1.29 is 4.79 Å². The van der Waals surface area contributed by atoms with Gasteiger partial charge in [-0.25, -0.2) is 5.43 Å². The minimum atomic E-state index is -0.135. The standard InChI is InChI=1S/C10H16N2O/c1-4-6-7-9(3)8-10(13)12-11-5-2/h5-7H,3-4,8H2,1-2H3,(H,12,13)/b7-6-,11-5+. The normalized spacial score (nSPS) is 10.9. The maximum atomic E-state index is 11.1. The second-order valence-electron chi connectivity index (χ2n) is 2.57. The average Bonchev–Trinajstić information content (AvgIpc) is 2.11. The van der Waals surface area contributed by atoms with E-state index in [0.717, 1.165) is 12.0 Å². The molecule has 0 heterocycles. The van der Waals surface area contributed by atoms with Crippen LogP contribution in [-0.2, 0) is 4.79 Å². The summed E-state index contributed by atoms with van der Waals surface area (Å²) in [5, 5.41) is 3.62. The zero-order valence-electron chi connectivity index (χ0n) is 8.21. The van der Waals surface area contributed by atoms with E-state index < -0.39 is 0 Å². The molecular weight excluding hydrogens is 164 g/mol. The van der Waals surface area contributed by atoms with Crippen LogP contribution < -0.4 is 5.43 Å². The molecule has 0 fully saturated rings. The summed E-state index contributed by atoms with van der Waals surface area (Å²) in [6.07, 6.45) is 6.61. The number of hydrogen-bond donors (Lipinski definition) is 1. The molecule has 0 aromatic carbocycles. The zero-order valence-corrected chi connectivity index (χ0v) is 8.21. The fraction of sp³-hybridized carbons (Fsp3) is 0.400. The van der Waals surface area contributed by atoms with Gasteiger partial charge < -0.3 is 0 Å². The van der Waals surface area contributed by atoms with E-state index in [-0.39, 0.29) is 5.91 Å². The predicted molar refractivity (Wildman–Crippen MR) is 55.5 cm³/mol. The number of hydrazone groups is 1. The molecule has 3 heteroatoms. The van der Waals surface area contributed by atoms with Gasteiger partial charge in [0.05, 0.1) is 6.42 Å². The van der Waals surface area contributed by atoms with Crippen LogP contribution in [0.15, 0.2) is 29.4 Å². The van der Waals surface area contributed by atoms with E-state index in [4.69, 9.17) is 0 Å². The third-order valence-corrected chi connectivity index (χ3v) is 1.30. The van der Waals surface area contributed by atoms with Gasteiger partial charge in [0.25, 0.3) is 0 Å². The summed E-state index contributed by atoms with van der Waals surface area (Å²) < 4.78 is 0. The monoisotopic (exact) mass is 180 g/mol. The summed E-state index contributed by atoms with van der Waals surface area (Å²) in [6.45, 7) is 7.52. The van der Waals surface area contributed by atoms with E-state index in [9.17, 15) is 4.79 Å². The first-order valence-corrected chi connectivity index (χ1v) is 4.31. The topological polar surface area (TPSA) is 41.5 Å². The minimum absolute atomic E-state index is 0.135. The lowest BCUT2D eigenvalue weighted by Crippen LogP contribution is -2.16. The second-order valence-corrected chi connectivity index (χ2v) is 2.57. The summed E-state index contributed by atoms with van der Waals surface area (Å²) in [5.74, 6) is -0.135. The van der Waals surface area contributed by atoms with Crippen molar-refractivity contribution in [3.05, 3.63) is 24.3 Å². The van der Waals surface area contributed by atoms with Crippen LogP contribution in [0.2, 0.25) is 0 Å². The van der Waals surface area contributed by atoms with E-state index in [0.29, 0.717) is 6.42 Å². The highest BCUT2D eigenvalue weighted by molar-refractivity contribution is 5.79. The van der Waals surface area contributed by atoms with Crippen LogP contribution in [0.1, 0.15) is 26.7 Å². The molecule has 0 aliphatic heterocycles. The van der Waals surface area contributed by atoms with Crippen LogP contribution in [0.3, 0.4) is 0 Å². The lowest BCUT2D eigenvalue weighted by molar-refractivity contribution is -0.120. The van der Waals surface area contributed by atoms with Crippen molar-refractivity contribution in [1.82, 2.24) is 5.43 Å². The number of carbonyl (C=O) groups is 1. The molecule has 0 saturated carbocycles. The molecule has 13 heavy (non-hydrogen) atoms. The third kappa shape index (κ3) is 7.00. The fourth-order valence-corrected chi connectivity index (χ4v) is 0.726. The molecule has 0 aromatic heterocycles. The Morgan fingerprint density at radius 2 is 2.31 bits per heavy atom. The number of allylic oxidation sites excluding steroid dienone is 2. The van der Waals surface area contributed by atoms with Gasteiger partial charge in [0.2, 0.25) is 5.91 Å².